The summed E-state index contributed by atoms with van der Waals surface area (Å²) in [6.45, 7) is -0.0928. The number of carboxylic acids is 1. The minimum atomic E-state index is -1.81. The molecular formula is C44H36N2O8. The number of aliphatic carboxylic acids is 1. The van der Waals surface area contributed by atoms with E-state index in [4.69, 9.17) is 14.2 Å². The van der Waals surface area contributed by atoms with Gasteiger partial charge in [-0.05, 0) is 76.9 Å². The van der Waals surface area contributed by atoms with Crippen molar-refractivity contribution >= 4 is 23.5 Å². The van der Waals surface area contributed by atoms with Crippen LogP contribution in [0.5, 0.6) is 11.5 Å². The minimum absolute atomic E-state index is 0.0821. The van der Waals surface area contributed by atoms with Crippen molar-refractivity contribution in [3.8, 4) is 23.3 Å². The van der Waals surface area contributed by atoms with E-state index in [1.807, 2.05) is 89.8 Å². The quantitative estimate of drug-likeness (QED) is 0.134. The van der Waals surface area contributed by atoms with E-state index in [9.17, 15) is 24.6 Å². The number of anilines is 1. The van der Waals surface area contributed by atoms with Crippen LogP contribution in [0.25, 0.3) is 0 Å². The molecule has 0 unspecified atom stereocenters. The molecule has 5 aromatic carbocycles. The standard InChI is InChI=1S/C44H36N2O8/c1-52-32-19-14-27(15-20-32)12-13-28-16-23-35-34(26-28)44(43(51)45-35)36(41(48)49)38-42(50)54-39(30-10-6-3-7-11-30)37(29-8-4-2-5-9-29)46(38)40(44)31-17-21-33(22-18-31)53-25-24-47/h2-11,14-23,26,36-40,47H,24-25H2,1H3,(H,45,51)(H,48,49)/t36-,37-,38-,39+,40+,44-/m1/s1. The van der Waals surface area contributed by atoms with Gasteiger partial charge < -0.3 is 29.7 Å². The number of esters is 1. The Bertz CT molecular complexity index is 2270. The number of fused-ring (bicyclic) bond motifs is 3. The Morgan fingerprint density at radius 3 is 2.07 bits per heavy atom. The Balaban J connectivity index is 1.37. The summed E-state index contributed by atoms with van der Waals surface area (Å²) in [5, 5.41) is 23.6. The number of cyclic esters (lactones) is 1. The molecule has 5 aromatic rings. The molecular weight excluding hydrogens is 684 g/mol. The van der Waals surface area contributed by atoms with E-state index >= 15 is 0 Å². The molecule has 270 valence electrons. The number of nitrogens with zero attached hydrogens (tertiary/aromatic N) is 1. The van der Waals surface area contributed by atoms with Crippen molar-refractivity contribution in [2.24, 2.45) is 5.92 Å². The van der Waals surface area contributed by atoms with E-state index in [0.29, 0.717) is 33.9 Å². The van der Waals surface area contributed by atoms with Crippen molar-refractivity contribution in [3.05, 3.63) is 161 Å². The Morgan fingerprint density at radius 2 is 1.43 bits per heavy atom. The van der Waals surface area contributed by atoms with Gasteiger partial charge in [-0.2, -0.15) is 0 Å². The molecule has 3 aliphatic rings. The number of rotatable bonds is 8. The van der Waals surface area contributed by atoms with Gasteiger partial charge in [0.05, 0.1) is 25.8 Å². The third-order valence-electron chi connectivity index (χ3n) is 10.6. The number of carbonyl (C=O) groups excluding carboxylic acids is 2. The molecule has 3 heterocycles. The highest BCUT2D eigenvalue weighted by Crippen LogP contribution is 2.64. The summed E-state index contributed by atoms with van der Waals surface area (Å²) in [5.41, 5.74) is 2.47. The van der Waals surface area contributed by atoms with Gasteiger partial charge >= 0.3 is 11.9 Å². The molecule has 1 spiro atoms. The zero-order valence-corrected chi connectivity index (χ0v) is 29.2. The molecule has 6 atom stereocenters. The fourth-order valence-corrected chi connectivity index (χ4v) is 8.38. The van der Waals surface area contributed by atoms with Crippen molar-refractivity contribution in [1.82, 2.24) is 4.90 Å². The third-order valence-corrected chi connectivity index (χ3v) is 10.6. The summed E-state index contributed by atoms with van der Waals surface area (Å²) in [4.78, 5) is 45.1. The van der Waals surface area contributed by atoms with Crippen LogP contribution in [0.15, 0.2) is 127 Å². The second-order valence-electron chi connectivity index (χ2n) is 13.4. The molecule has 0 aliphatic carbocycles. The molecule has 0 bridgehead atoms. The summed E-state index contributed by atoms with van der Waals surface area (Å²) in [6.07, 6.45) is -0.831. The Kier molecular flexibility index (Phi) is 9.11. The number of benzene rings is 5. The van der Waals surface area contributed by atoms with Crippen LogP contribution in [-0.4, -0.2) is 59.3 Å². The number of carbonyl (C=O) groups is 3. The summed E-state index contributed by atoms with van der Waals surface area (Å²) in [7, 11) is 1.59. The zero-order valence-electron chi connectivity index (χ0n) is 29.2. The predicted molar refractivity (Wildman–Crippen MR) is 199 cm³/mol. The van der Waals surface area contributed by atoms with Gasteiger partial charge in [-0.1, -0.05) is 84.6 Å². The molecule has 0 saturated carbocycles. The summed E-state index contributed by atoms with van der Waals surface area (Å²) < 4.78 is 17.2. The van der Waals surface area contributed by atoms with Crippen LogP contribution in [0.4, 0.5) is 5.69 Å². The molecule has 0 radical (unpaired) electrons. The van der Waals surface area contributed by atoms with Gasteiger partial charge in [0.1, 0.15) is 41.6 Å². The topological polar surface area (TPSA) is 135 Å². The molecule has 1 amide bonds. The van der Waals surface area contributed by atoms with Gasteiger partial charge in [-0.25, -0.2) is 0 Å². The SMILES string of the molecule is COc1ccc(C#Cc2ccc3c(c2)[C@]2(C(=O)N3)[C@H](c3ccc(OCCO)cc3)N3[C@H](c4ccccc4)[C@H](c4ccccc4)OC(=O)[C@H]3[C@@H]2C(=O)O)cc1. The number of nitrogens with one attached hydrogen (secondary N) is 1. The Morgan fingerprint density at radius 1 is 0.796 bits per heavy atom. The lowest BCUT2D eigenvalue weighted by Crippen LogP contribution is -2.52. The molecule has 2 fully saturated rings. The molecule has 8 rings (SSSR count). The number of aliphatic hydroxyl groups is 1. The third kappa shape index (κ3) is 5.75. The number of ether oxygens (including phenoxy) is 3. The highest BCUT2D eigenvalue weighted by Gasteiger charge is 2.74. The maximum atomic E-state index is 14.9. The maximum Gasteiger partial charge on any atom is 0.325 e. The lowest BCUT2D eigenvalue weighted by molar-refractivity contribution is -0.179. The predicted octanol–water partition coefficient (Wildman–Crippen LogP) is 5.82. The lowest BCUT2D eigenvalue weighted by Gasteiger charge is -2.46. The van der Waals surface area contributed by atoms with Gasteiger partial charge in [0.25, 0.3) is 0 Å². The van der Waals surface area contributed by atoms with E-state index in [0.717, 1.165) is 16.7 Å². The zero-order chi connectivity index (χ0) is 37.4. The van der Waals surface area contributed by atoms with Crippen LogP contribution in [0.3, 0.4) is 0 Å². The molecule has 2 saturated heterocycles. The normalized spacial score (nSPS) is 24.1. The van der Waals surface area contributed by atoms with Gasteiger partial charge in [-0.3, -0.25) is 19.3 Å². The summed E-state index contributed by atoms with van der Waals surface area (Å²) in [5.74, 6) is 3.39. The average molecular weight is 721 g/mol. The second-order valence-corrected chi connectivity index (χ2v) is 13.4. The van der Waals surface area contributed by atoms with Gasteiger partial charge in [0.15, 0.2) is 0 Å². The van der Waals surface area contributed by atoms with Crippen molar-refractivity contribution in [1.29, 1.82) is 0 Å². The summed E-state index contributed by atoms with van der Waals surface area (Å²) in [6, 6.07) is 35.4. The number of hydrogen-bond acceptors (Lipinski definition) is 8. The van der Waals surface area contributed by atoms with Gasteiger partial charge in [0, 0.05) is 16.8 Å². The van der Waals surface area contributed by atoms with Crippen molar-refractivity contribution in [2.75, 3.05) is 25.6 Å². The van der Waals surface area contributed by atoms with Crippen LogP contribution in [0.1, 0.15) is 51.6 Å². The number of methoxy groups -OCH3 is 1. The highest BCUT2D eigenvalue weighted by atomic mass is 16.6. The first-order chi connectivity index (χ1) is 26.3. The van der Waals surface area contributed by atoms with Crippen molar-refractivity contribution < 1.29 is 38.8 Å². The first-order valence-electron chi connectivity index (χ1n) is 17.6. The maximum absolute atomic E-state index is 14.9. The van der Waals surface area contributed by atoms with E-state index in [-0.39, 0.29) is 13.2 Å². The van der Waals surface area contributed by atoms with Crippen LogP contribution in [0, 0.1) is 17.8 Å². The van der Waals surface area contributed by atoms with Crippen LogP contribution in [-0.2, 0) is 24.5 Å². The van der Waals surface area contributed by atoms with E-state index in [2.05, 4.69) is 17.2 Å². The largest absolute Gasteiger partial charge is 0.497 e. The smallest absolute Gasteiger partial charge is 0.325 e. The molecule has 10 nitrogen and oxygen atoms in total. The number of amides is 1. The molecule has 10 heteroatoms. The Labute approximate surface area is 311 Å². The van der Waals surface area contributed by atoms with E-state index < -0.39 is 53.4 Å². The minimum Gasteiger partial charge on any atom is -0.497 e. The first-order valence-corrected chi connectivity index (χ1v) is 17.6. The van der Waals surface area contributed by atoms with Gasteiger partial charge in [-0.15, -0.1) is 0 Å². The number of hydrogen-bond donors (Lipinski definition) is 3. The number of morpholine rings is 1. The molecule has 3 N–H and O–H groups in total. The molecule has 3 aliphatic heterocycles. The summed E-state index contributed by atoms with van der Waals surface area (Å²) >= 11 is 0. The lowest BCUT2D eigenvalue weighted by atomic mass is 9.65. The molecule has 54 heavy (non-hydrogen) atoms. The van der Waals surface area contributed by atoms with Gasteiger partial charge in [0.2, 0.25) is 5.91 Å². The fourth-order valence-electron chi connectivity index (χ4n) is 8.38. The van der Waals surface area contributed by atoms with Crippen molar-refractivity contribution in [2.45, 2.75) is 29.6 Å². The molecule has 0 aromatic heterocycles. The first kappa shape index (κ1) is 34.7. The van der Waals surface area contributed by atoms with E-state index in [1.54, 1.807) is 49.6 Å². The fraction of sp³-hybridized carbons (Fsp3) is 0.205. The van der Waals surface area contributed by atoms with Crippen LogP contribution < -0.4 is 14.8 Å². The van der Waals surface area contributed by atoms with E-state index in [1.165, 1.54) is 0 Å². The average Bonchev–Trinajstić information content (AvgIpc) is 3.69. The highest BCUT2D eigenvalue weighted by molar-refractivity contribution is 6.11. The van der Waals surface area contributed by atoms with Crippen LogP contribution >= 0.6 is 0 Å². The monoisotopic (exact) mass is 720 g/mol. The van der Waals surface area contributed by atoms with Crippen molar-refractivity contribution in [3.63, 3.8) is 0 Å². The number of aliphatic hydroxyl groups excluding tert-OH is 1. The van der Waals surface area contributed by atoms with Crippen LogP contribution in [0.2, 0.25) is 0 Å². The Hall–Kier alpha value is -6.41. The number of carboxylic acid groups (broad SMARTS) is 1. The second kappa shape index (κ2) is 14.2.